The van der Waals surface area contributed by atoms with Crippen LogP contribution in [0.1, 0.15) is 11.1 Å². The van der Waals surface area contributed by atoms with Gasteiger partial charge in [-0.25, -0.2) is 0 Å². The second-order valence-corrected chi connectivity index (χ2v) is 5.37. The van der Waals surface area contributed by atoms with E-state index in [9.17, 15) is 5.26 Å². The molecule has 1 atom stereocenters. The van der Waals surface area contributed by atoms with Crippen LogP contribution in [0.3, 0.4) is 0 Å². The van der Waals surface area contributed by atoms with Crippen LogP contribution in [0.15, 0.2) is 71.7 Å². The smallest absolute Gasteiger partial charge is 0.104 e. The molecular weight excluding hydrogens is 298 g/mol. The zero-order chi connectivity index (χ0) is 13.7. The first-order chi connectivity index (χ1) is 9.20. The first kappa shape index (κ1) is 13.6. The molecule has 0 aliphatic rings. The Kier molecular flexibility index (Phi) is 4.19. The SMILES string of the molecule is C=CC(C#N)(Cc1ccccc1)c1ccc(Br)cc1. The molecule has 0 fully saturated rings. The van der Waals surface area contributed by atoms with Crippen LogP contribution in [0.2, 0.25) is 0 Å². The molecule has 0 spiro atoms. The Hall–Kier alpha value is -1.85. The Morgan fingerprint density at radius 3 is 2.26 bits per heavy atom. The molecule has 0 aromatic heterocycles. The summed E-state index contributed by atoms with van der Waals surface area (Å²) in [4.78, 5) is 0. The molecule has 1 unspecified atom stereocenters. The van der Waals surface area contributed by atoms with Crippen molar-refractivity contribution in [2.24, 2.45) is 0 Å². The Morgan fingerprint density at radius 2 is 1.74 bits per heavy atom. The highest BCUT2D eigenvalue weighted by molar-refractivity contribution is 9.10. The van der Waals surface area contributed by atoms with E-state index in [4.69, 9.17) is 0 Å². The molecular formula is C17H14BrN. The van der Waals surface area contributed by atoms with Crippen LogP contribution in [0.5, 0.6) is 0 Å². The molecule has 0 saturated heterocycles. The van der Waals surface area contributed by atoms with E-state index in [0.29, 0.717) is 6.42 Å². The van der Waals surface area contributed by atoms with Gasteiger partial charge >= 0.3 is 0 Å². The fraction of sp³-hybridized carbons (Fsp3) is 0.118. The largest absolute Gasteiger partial charge is 0.197 e. The molecule has 2 aromatic rings. The summed E-state index contributed by atoms with van der Waals surface area (Å²) < 4.78 is 1.01. The van der Waals surface area contributed by atoms with E-state index < -0.39 is 5.41 Å². The van der Waals surface area contributed by atoms with E-state index in [-0.39, 0.29) is 0 Å². The Bertz CT molecular complexity index is 595. The van der Waals surface area contributed by atoms with Gasteiger partial charge in [-0.05, 0) is 29.7 Å². The quantitative estimate of drug-likeness (QED) is 0.755. The lowest BCUT2D eigenvalue weighted by Gasteiger charge is -2.23. The highest BCUT2D eigenvalue weighted by atomic mass is 79.9. The highest BCUT2D eigenvalue weighted by Crippen LogP contribution is 2.30. The lowest BCUT2D eigenvalue weighted by molar-refractivity contribution is 0.681. The second kappa shape index (κ2) is 5.86. The van der Waals surface area contributed by atoms with E-state index in [0.717, 1.165) is 15.6 Å². The maximum atomic E-state index is 9.63. The van der Waals surface area contributed by atoms with Crippen LogP contribution in [0, 0.1) is 11.3 Å². The molecule has 0 saturated carbocycles. The van der Waals surface area contributed by atoms with Gasteiger partial charge in [-0.3, -0.25) is 0 Å². The fourth-order valence-corrected chi connectivity index (χ4v) is 2.37. The molecule has 0 aliphatic carbocycles. The molecule has 0 radical (unpaired) electrons. The summed E-state index contributed by atoms with van der Waals surface area (Å²) in [6.07, 6.45) is 2.37. The van der Waals surface area contributed by atoms with Crippen LogP contribution in [0.4, 0.5) is 0 Å². The van der Waals surface area contributed by atoms with Gasteiger partial charge < -0.3 is 0 Å². The number of nitrogens with zero attached hydrogens (tertiary/aromatic N) is 1. The maximum Gasteiger partial charge on any atom is 0.104 e. The predicted octanol–water partition coefficient (Wildman–Crippen LogP) is 4.64. The standard InChI is InChI=1S/C17H14BrN/c1-2-17(13-19,12-14-6-4-3-5-7-14)15-8-10-16(18)11-9-15/h2-11H,1,12H2. The molecule has 0 aliphatic heterocycles. The van der Waals surface area contributed by atoms with Gasteiger partial charge in [0.15, 0.2) is 0 Å². The molecule has 1 nitrogen and oxygen atoms in total. The average Bonchev–Trinajstić information content (AvgIpc) is 2.47. The predicted molar refractivity (Wildman–Crippen MR) is 81.8 cm³/mol. The van der Waals surface area contributed by atoms with Gasteiger partial charge in [-0.15, -0.1) is 6.58 Å². The second-order valence-electron chi connectivity index (χ2n) is 4.46. The van der Waals surface area contributed by atoms with Crippen molar-refractivity contribution >= 4 is 15.9 Å². The van der Waals surface area contributed by atoms with E-state index in [1.165, 1.54) is 0 Å². The number of rotatable bonds is 4. The maximum absolute atomic E-state index is 9.63. The summed E-state index contributed by atoms with van der Waals surface area (Å²) >= 11 is 3.41. The number of halogens is 1. The van der Waals surface area contributed by atoms with E-state index in [1.54, 1.807) is 6.08 Å². The Labute approximate surface area is 122 Å². The van der Waals surface area contributed by atoms with Gasteiger partial charge in [0, 0.05) is 4.47 Å². The van der Waals surface area contributed by atoms with Crippen molar-refractivity contribution < 1.29 is 0 Å². The van der Waals surface area contributed by atoms with Crippen molar-refractivity contribution in [1.82, 2.24) is 0 Å². The zero-order valence-corrected chi connectivity index (χ0v) is 12.1. The number of hydrogen-bond donors (Lipinski definition) is 0. The van der Waals surface area contributed by atoms with Crippen molar-refractivity contribution in [3.63, 3.8) is 0 Å². The lowest BCUT2D eigenvalue weighted by Crippen LogP contribution is -2.24. The number of benzene rings is 2. The van der Waals surface area contributed by atoms with Gasteiger partial charge in [-0.2, -0.15) is 5.26 Å². The highest BCUT2D eigenvalue weighted by Gasteiger charge is 2.29. The van der Waals surface area contributed by atoms with Crippen molar-refractivity contribution in [2.45, 2.75) is 11.8 Å². The third kappa shape index (κ3) is 2.94. The summed E-state index contributed by atoms with van der Waals surface area (Å²) in [5.74, 6) is 0. The van der Waals surface area contributed by atoms with Crippen molar-refractivity contribution in [3.05, 3.63) is 82.9 Å². The first-order valence-electron chi connectivity index (χ1n) is 6.05. The van der Waals surface area contributed by atoms with E-state index in [2.05, 4.69) is 28.6 Å². The van der Waals surface area contributed by atoms with E-state index in [1.807, 2.05) is 54.6 Å². The van der Waals surface area contributed by atoms with Crippen molar-refractivity contribution in [1.29, 1.82) is 5.26 Å². The fourth-order valence-electron chi connectivity index (χ4n) is 2.11. The molecule has 19 heavy (non-hydrogen) atoms. The molecule has 94 valence electrons. The molecule has 2 aromatic carbocycles. The average molecular weight is 312 g/mol. The van der Waals surface area contributed by atoms with Gasteiger partial charge in [-0.1, -0.05) is 64.5 Å². The topological polar surface area (TPSA) is 23.8 Å². The van der Waals surface area contributed by atoms with Crippen LogP contribution in [-0.4, -0.2) is 0 Å². The van der Waals surface area contributed by atoms with Crippen molar-refractivity contribution in [2.75, 3.05) is 0 Å². The van der Waals surface area contributed by atoms with Gasteiger partial charge in [0.1, 0.15) is 5.41 Å². The molecule has 0 bridgehead atoms. The molecule has 2 heteroatoms. The third-order valence-corrected chi connectivity index (χ3v) is 3.76. The minimum atomic E-state index is -0.679. The minimum Gasteiger partial charge on any atom is -0.197 e. The lowest BCUT2D eigenvalue weighted by atomic mass is 9.77. The molecule has 0 amide bonds. The minimum absolute atomic E-state index is 0.634. The Balaban J connectivity index is 2.41. The number of nitriles is 1. The summed E-state index contributed by atoms with van der Waals surface area (Å²) in [5, 5.41) is 9.63. The monoisotopic (exact) mass is 311 g/mol. The molecule has 2 rings (SSSR count). The van der Waals surface area contributed by atoms with Gasteiger partial charge in [0.05, 0.1) is 6.07 Å². The zero-order valence-electron chi connectivity index (χ0n) is 10.5. The normalized spacial score (nSPS) is 13.3. The van der Waals surface area contributed by atoms with Crippen molar-refractivity contribution in [3.8, 4) is 6.07 Å². The van der Waals surface area contributed by atoms with Crippen LogP contribution in [-0.2, 0) is 11.8 Å². The molecule has 0 N–H and O–H groups in total. The van der Waals surface area contributed by atoms with Crippen LogP contribution < -0.4 is 0 Å². The molecule has 0 heterocycles. The van der Waals surface area contributed by atoms with Gasteiger partial charge in [0.2, 0.25) is 0 Å². The van der Waals surface area contributed by atoms with E-state index >= 15 is 0 Å². The number of hydrogen-bond acceptors (Lipinski definition) is 1. The summed E-state index contributed by atoms with van der Waals surface area (Å²) in [6.45, 7) is 3.86. The first-order valence-corrected chi connectivity index (χ1v) is 6.84. The Morgan fingerprint density at radius 1 is 1.11 bits per heavy atom. The van der Waals surface area contributed by atoms with Crippen LogP contribution >= 0.6 is 15.9 Å². The summed E-state index contributed by atoms with van der Waals surface area (Å²) in [7, 11) is 0. The summed E-state index contributed by atoms with van der Waals surface area (Å²) in [5.41, 5.74) is 1.42. The van der Waals surface area contributed by atoms with Gasteiger partial charge in [0.25, 0.3) is 0 Å². The third-order valence-electron chi connectivity index (χ3n) is 3.23. The summed E-state index contributed by atoms with van der Waals surface area (Å²) in [6, 6.07) is 20.3. The van der Waals surface area contributed by atoms with Crippen LogP contribution in [0.25, 0.3) is 0 Å². The number of allylic oxidation sites excluding steroid dienone is 1.